The van der Waals surface area contributed by atoms with E-state index in [1.165, 1.54) is 7.11 Å². The highest BCUT2D eigenvalue weighted by molar-refractivity contribution is 5.86. The number of aliphatic hydroxyl groups is 2. The third kappa shape index (κ3) is 4.76. The lowest BCUT2D eigenvalue weighted by atomic mass is 9.72. The number of hydrogen-bond acceptors (Lipinski definition) is 10. The molecule has 3 heterocycles. The fourth-order valence-corrected chi connectivity index (χ4v) is 6.89. The van der Waals surface area contributed by atoms with Crippen LogP contribution in [0.4, 0.5) is 0 Å². The maximum Gasteiger partial charge on any atom is 0.339 e. The minimum Gasteiger partial charge on any atom is -0.497 e. The molecule has 5 rings (SSSR count). The fraction of sp³-hybridized carbons (Fsp3) is 0.655. The Bertz CT molecular complexity index is 1170. The van der Waals surface area contributed by atoms with Crippen molar-refractivity contribution in [3.8, 4) is 11.5 Å². The summed E-state index contributed by atoms with van der Waals surface area (Å²) in [5.74, 6) is -0.104. The van der Waals surface area contributed by atoms with E-state index in [1.54, 1.807) is 21.0 Å². The van der Waals surface area contributed by atoms with Crippen molar-refractivity contribution in [3.63, 3.8) is 0 Å². The number of benzene rings is 1. The number of rotatable bonds is 9. The third-order valence-corrected chi connectivity index (χ3v) is 8.75. The minimum absolute atomic E-state index is 0.0715. The molecule has 5 atom stereocenters. The highest BCUT2D eigenvalue weighted by atomic mass is 16.7. The quantitative estimate of drug-likeness (QED) is 0.447. The molecule has 0 bridgehead atoms. The molecule has 214 valence electrons. The van der Waals surface area contributed by atoms with Gasteiger partial charge in [0.25, 0.3) is 0 Å². The molecule has 1 saturated heterocycles. The molecule has 0 unspecified atom stereocenters. The Hall–Kier alpha value is -2.82. The van der Waals surface area contributed by atoms with Crippen LogP contribution in [-0.2, 0) is 23.8 Å². The van der Waals surface area contributed by atoms with Crippen molar-refractivity contribution in [3.05, 3.63) is 35.1 Å². The van der Waals surface area contributed by atoms with Crippen LogP contribution in [0.2, 0.25) is 0 Å². The summed E-state index contributed by atoms with van der Waals surface area (Å²) < 4.78 is 28.1. The van der Waals surface area contributed by atoms with Crippen LogP contribution in [0.5, 0.6) is 11.5 Å². The Morgan fingerprint density at radius 2 is 1.82 bits per heavy atom. The van der Waals surface area contributed by atoms with E-state index in [0.717, 1.165) is 30.5 Å². The zero-order valence-electron chi connectivity index (χ0n) is 23.3. The first-order chi connectivity index (χ1) is 18.4. The van der Waals surface area contributed by atoms with Crippen LogP contribution in [0.25, 0.3) is 0 Å². The second-order valence-electron chi connectivity index (χ2n) is 11.8. The van der Waals surface area contributed by atoms with Crippen LogP contribution >= 0.6 is 0 Å². The van der Waals surface area contributed by atoms with Crippen LogP contribution in [0, 0.1) is 0 Å². The van der Waals surface area contributed by atoms with Gasteiger partial charge in [0.1, 0.15) is 5.76 Å². The predicted octanol–water partition coefficient (Wildman–Crippen LogP) is 3.10. The van der Waals surface area contributed by atoms with Gasteiger partial charge in [0, 0.05) is 6.04 Å². The molecule has 0 amide bonds. The van der Waals surface area contributed by atoms with E-state index < -0.39 is 41.2 Å². The lowest BCUT2D eigenvalue weighted by molar-refractivity contribution is -0.179. The zero-order chi connectivity index (χ0) is 28.2. The average molecular weight is 546 g/mol. The van der Waals surface area contributed by atoms with Crippen LogP contribution in [0.15, 0.2) is 24.0 Å². The highest BCUT2D eigenvalue weighted by Crippen LogP contribution is 2.60. The Balaban J connectivity index is 1.51. The van der Waals surface area contributed by atoms with Gasteiger partial charge in [-0.05, 0) is 88.8 Å². The topological polar surface area (TPSA) is 124 Å². The normalized spacial score (nSPS) is 28.6. The molecule has 1 aromatic rings. The molecule has 4 aliphatic rings. The largest absolute Gasteiger partial charge is 0.497 e. The summed E-state index contributed by atoms with van der Waals surface area (Å²) in [5, 5.41) is 21.6. The van der Waals surface area contributed by atoms with E-state index in [4.69, 9.17) is 23.7 Å². The molecule has 0 aromatic heterocycles. The van der Waals surface area contributed by atoms with Crippen molar-refractivity contribution in [1.82, 2.24) is 4.90 Å². The Morgan fingerprint density at radius 3 is 2.46 bits per heavy atom. The molecule has 1 spiro atoms. The van der Waals surface area contributed by atoms with Gasteiger partial charge in [-0.1, -0.05) is 0 Å². The number of esters is 2. The van der Waals surface area contributed by atoms with Gasteiger partial charge >= 0.3 is 11.9 Å². The monoisotopic (exact) mass is 545 g/mol. The standard InChI is InChI=1S/C29H39NO9/c1-17-18-12-20-21(38-16-37-20)13-19(18)24-25(22(35-4)14-28(24)9-7-11-30(17)28)39-26(32)29(34,15-23(31)36-5)10-6-8-27(2,3)33/h12-14,17,24-25,33-34H,6-11,15-16H2,1-5H3/t17-,24-,25-,28+,29-/m1/s1. The van der Waals surface area contributed by atoms with Crippen LogP contribution < -0.4 is 9.47 Å². The second-order valence-corrected chi connectivity index (χ2v) is 11.8. The number of carbonyl (C=O) groups excluding carboxylic acids is 2. The second kappa shape index (κ2) is 9.98. The van der Waals surface area contributed by atoms with E-state index in [2.05, 4.69) is 17.9 Å². The summed E-state index contributed by atoms with van der Waals surface area (Å²) in [6.07, 6.45) is 3.07. The summed E-state index contributed by atoms with van der Waals surface area (Å²) >= 11 is 0. The molecular formula is C29H39NO9. The lowest BCUT2D eigenvalue weighted by Crippen LogP contribution is -2.53. The van der Waals surface area contributed by atoms with E-state index >= 15 is 0 Å². The number of hydrogen-bond donors (Lipinski definition) is 2. The Kier molecular flexibility index (Phi) is 7.10. The van der Waals surface area contributed by atoms with Gasteiger partial charge in [0.2, 0.25) is 6.79 Å². The molecule has 10 heteroatoms. The van der Waals surface area contributed by atoms with E-state index in [9.17, 15) is 19.8 Å². The number of fused-ring (bicyclic) bond motifs is 3. The number of methoxy groups -OCH3 is 2. The van der Waals surface area contributed by atoms with Crippen molar-refractivity contribution >= 4 is 11.9 Å². The van der Waals surface area contributed by atoms with E-state index in [0.29, 0.717) is 30.1 Å². The molecule has 0 radical (unpaired) electrons. The molecule has 1 aliphatic carbocycles. The van der Waals surface area contributed by atoms with Gasteiger partial charge < -0.3 is 33.9 Å². The first-order valence-electron chi connectivity index (χ1n) is 13.6. The van der Waals surface area contributed by atoms with Crippen LogP contribution in [0.3, 0.4) is 0 Å². The van der Waals surface area contributed by atoms with Crippen molar-refractivity contribution in [2.24, 2.45) is 0 Å². The minimum atomic E-state index is -2.12. The third-order valence-electron chi connectivity index (χ3n) is 8.75. The number of nitrogens with zero attached hydrogens (tertiary/aromatic N) is 1. The van der Waals surface area contributed by atoms with Crippen molar-refractivity contribution < 1.29 is 43.5 Å². The van der Waals surface area contributed by atoms with Gasteiger partial charge in [-0.2, -0.15) is 0 Å². The highest BCUT2D eigenvalue weighted by Gasteiger charge is 2.61. The lowest BCUT2D eigenvalue weighted by Gasteiger charge is -2.49. The first kappa shape index (κ1) is 27.7. The molecule has 10 nitrogen and oxygen atoms in total. The first-order valence-corrected chi connectivity index (χ1v) is 13.6. The van der Waals surface area contributed by atoms with Gasteiger partial charge in [-0.15, -0.1) is 0 Å². The summed E-state index contributed by atoms with van der Waals surface area (Å²) in [7, 11) is 2.75. The fourth-order valence-electron chi connectivity index (χ4n) is 6.89. The van der Waals surface area contributed by atoms with E-state index in [1.807, 2.05) is 12.1 Å². The summed E-state index contributed by atoms with van der Waals surface area (Å²) in [6, 6.07) is 4.08. The Labute approximate surface area is 228 Å². The maximum absolute atomic E-state index is 13.7. The van der Waals surface area contributed by atoms with Crippen LogP contribution in [-0.4, -0.2) is 77.5 Å². The molecular weight excluding hydrogens is 506 g/mol. The van der Waals surface area contributed by atoms with Gasteiger partial charge in [-0.25, -0.2) is 4.79 Å². The Morgan fingerprint density at radius 1 is 1.13 bits per heavy atom. The SMILES string of the molecule is COC(=O)C[C@](O)(CCCC(C)(C)O)C(=O)O[C@@H]1C(OC)=C[C@]23CCCN2[C@H](C)c2cc4c(cc2[C@H]13)OCO4. The molecule has 2 N–H and O–H groups in total. The van der Waals surface area contributed by atoms with Crippen molar-refractivity contribution in [2.45, 2.75) is 94.1 Å². The van der Waals surface area contributed by atoms with Gasteiger partial charge in [0.15, 0.2) is 23.2 Å². The van der Waals surface area contributed by atoms with Gasteiger partial charge in [-0.3, -0.25) is 9.69 Å². The molecule has 39 heavy (non-hydrogen) atoms. The van der Waals surface area contributed by atoms with E-state index in [-0.39, 0.29) is 25.2 Å². The maximum atomic E-state index is 13.7. The smallest absolute Gasteiger partial charge is 0.339 e. The molecule has 3 aliphatic heterocycles. The average Bonchev–Trinajstić information content (AvgIpc) is 3.59. The zero-order valence-corrected chi connectivity index (χ0v) is 23.3. The summed E-state index contributed by atoms with van der Waals surface area (Å²) in [5.41, 5.74) is -1.48. The van der Waals surface area contributed by atoms with Crippen molar-refractivity contribution in [2.75, 3.05) is 27.6 Å². The van der Waals surface area contributed by atoms with Crippen LogP contribution in [0.1, 0.15) is 82.4 Å². The molecule has 1 aromatic carbocycles. The molecule has 1 fully saturated rings. The predicted molar refractivity (Wildman–Crippen MR) is 139 cm³/mol. The summed E-state index contributed by atoms with van der Waals surface area (Å²) in [6.45, 7) is 6.50. The van der Waals surface area contributed by atoms with Crippen molar-refractivity contribution in [1.29, 1.82) is 0 Å². The molecule has 0 saturated carbocycles. The summed E-state index contributed by atoms with van der Waals surface area (Å²) in [4.78, 5) is 28.4. The number of ether oxygens (including phenoxy) is 5. The number of carbonyl (C=O) groups is 2. The van der Waals surface area contributed by atoms with Gasteiger partial charge in [0.05, 0.1) is 37.7 Å².